The first-order valence-corrected chi connectivity index (χ1v) is 13.6. The normalized spacial score (nSPS) is 20.6. The summed E-state index contributed by atoms with van der Waals surface area (Å²) < 4.78 is 0. The number of carbonyl (C=O) groups is 2. The van der Waals surface area contributed by atoms with Crippen LogP contribution < -0.4 is 10.9 Å². The Bertz CT molecular complexity index is 1110. The number of aromatic nitrogens is 1. The van der Waals surface area contributed by atoms with E-state index in [1.54, 1.807) is 12.3 Å². The Hall–Kier alpha value is -2.64. The van der Waals surface area contributed by atoms with E-state index in [2.05, 4.69) is 27.3 Å². The second-order valence-electron chi connectivity index (χ2n) is 10.9. The van der Waals surface area contributed by atoms with Gasteiger partial charge in [0.2, 0.25) is 11.8 Å². The van der Waals surface area contributed by atoms with Crippen LogP contribution in [0.3, 0.4) is 0 Å². The highest BCUT2D eigenvalue weighted by Crippen LogP contribution is 2.42. The molecule has 2 saturated heterocycles. The van der Waals surface area contributed by atoms with Gasteiger partial charge in [0.05, 0.1) is 18.0 Å². The summed E-state index contributed by atoms with van der Waals surface area (Å²) in [5.41, 5.74) is 1.41. The topological polar surface area (TPSA) is 85.5 Å². The summed E-state index contributed by atoms with van der Waals surface area (Å²) in [6, 6.07) is 13.9. The highest BCUT2D eigenvalue weighted by molar-refractivity contribution is 5.85. The lowest BCUT2D eigenvalue weighted by Gasteiger charge is -2.38. The summed E-state index contributed by atoms with van der Waals surface area (Å²) >= 11 is 0. The lowest BCUT2D eigenvalue weighted by Crippen LogP contribution is -2.45. The number of hydrogen-bond acceptors (Lipinski definition) is 4. The molecule has 1 saturated carbocycles. The van der Waals surface area contributed by atoms with Crippen molar-refractivity contribution in [1.82, 2.24) is 20.1 Å². The average molecular weight is 527 g/mol. The van der Waals surface area contributed by atoms with Crippen molar-refractivity contribution >= 4 is 24.2 Å². The van der Waals surface area contributed by atoms with Gasteiger partial charge in [0.15, 0.2) is 0 Å². The molecule has 3 fully saturated rings. The number of carbonyl (C=O) groups excluding carboxylic acids is 2. The molecule has 3 heterocycles. The predicted molar refractivity (Wildman–Crippen MR) is 146 cm³/mol. The monoisotopic (exact) mass is 526 g/mol. The molecule has 1 aromatic heterocycles. The van der Waals surface area contributed by atoms with Gasteiger partial charge in [-0.3, -0.25) is 14.4 Å². The van der Waals surface area contributed by atoms with Crippen LogP contribution in [0.4, 0.5) is 0 Å². The zero-order valence-corrected chi connectivity index (χ0v) is 22.3. The molecule has 0 unspecified atom stereocenters. The van der Waals surface area contributed by atoms with Crippen LogP contribution in [0.5, 0.6) is 0 Å². The summed E-state index contributed by atoms with van der Waals surface area (Å²) in [4.78, 5) is 45.3. The number of rotatable bonds is 8. The second kappa shape index (κ2) is 12.3. The molecule has 1 atom stereocenters. The summed E-state index contributed by atoms with van der Waals surface area (Å²) in [6.07, 6.45) is 9.40. The fourth-order valence-corrected chi connectivity index (χ4v) is 6.30. The number of pyridine rings is 1. The van der Waals surface area contributed by atoms with Crippen molar-refractivity contribution in [3.8, 4) is 0 Å². The number of benzene rings is 1. The molecule has 2 N–H and O–H groups in total. The van der Waals surface area contributed by atoms with E-state index < -0.39 is 0 Å². The van der Waals surface area contributed by atoms with Crippen LogP contribution in [0.25, 0.3) is 0 Å². The molecule has 1 spiro atoms. The minimum Gasteiger partial charge on any atom is -0.349 e. The molecular formula is C29H39ClN4O3. The molecule has 37 heavy (non-hydrogen) atoms. The SMILES string of the molecule is Cl.O=C(N[C@@H](CCN1CCC2(CC1)CCN(Cc1ccc[nH]c1=O)C2=O)c1ccccc1)C1CCCC1. The maximum atomic E-state index is 13.4. The Kier molecular flexibility index (Phi) is 9.08. The summed E-state index contributed by atoms with van der Waals surface area (Å²) in [7, 11) is 0. The zero-order valence-electron chi connectivity index (χ0n) is 21.5. The summed E-state index contributed by atoms with van der Waals surface area (Å²) in [6.45, 7) is 3.79. The van der Waals surface area contributed by atoms with E-state index in [0.29, 0.717) is 12.1 Å². The minimum absolute atomic E-state index is 0. The fraction of sp³-hybridized carbons (Fsp3) is 0.552. The van der Waals surface area contributed by atoms with Crippen molar-refractivity contribution in [2.45, 2.75) is 64.0 Å². The molecule has 2 amide bonds. The number of nitrogens with one attached hydrogen (secondary N) is 2. The quantitative estimate of drug-likeness (QED) is 0.543. The first kappa shape index (κ1) is 27.4. The largest absolute Gasteiger partial charge is 0.349 e. The van der Waals surface area contributed by atoms with E-state index in [9.17, 15) is 14.4 Å². The molecule has 8 heteroatoms. The first-order chi connectivity index (χ1) is 17.5. The molecule has 3 aliphatic rings. The molecular weight excluding hydrogens is 488 g/mol. The molecule has 1 aromatic carbocycles. The molecule has 2 aromatic rings. The third-order valence-corrected chi connectivity index (χ3v) is 8.65. The van der Waals surface area contributed by atoms with Crippen LogP contribution in [-0.4, -0.2) is 52.8 Å². The van der Waals surface area contributed by atoms with Crippen molar-refractivity contribution in [2.24, 2.45) is 11.3 Å². The van der Waals surface area contributed by atoms with E-state index in [-0.39, 0.29) is 47.2 Å². The van der Waals surface area contributed by atoms with E-state index in [1.807, 2.05) is 29.2 Å². The Labute approximate surface area is 225 Å². The Morgan fingerprint density at radius 1 is 1.00 bits per heavy atom. The van der Waals surface area contributed by atoms with Gasteiger partial charge < -0.3 is 20.1 Å². The minimum atomic E-state index is -0.284. The lowest BCUT2D eigenvalue weighted by atomic mass is 9.77. The Morgan fingerprint density at radius 3 is 2.41 bits per heavy atom. The van der Waals surface area contributed by atoms with Crippen LogP contribution >= 0.6 is 12.4 Å². The van der Waals surface area contributed by atoms with Gasteiger partial charge in [-0.1, -0.05) is 49.2 Å². The Morgan fingerprint density at radius 2 is 1.70 bits per heavy atom. The Balaban J connectivity index is 0.00000320. The van der Waals surface area contributed by atoms with E-state index in [4.69, 9.17) is 0 Å². The molecule has 5 rings (SSSR count). The van der Waals surface area contributed by atoms with Crippen molar-refractivity contribution in [3.05, 3.63) is 70.1 Å². The van der Waals surface area contributed by atoms with Crippen LogP contribution in [0.15, 0.2) is 53.5 Å². The van der Waals surface area contributed by atoms with Gasteiger partial charge in [0.1, 0.15) is 0 Å². The fourth-order valence-electron chi connectivity index (χ4n) is 6.30. The standard InChI is InChI=1S/C29H38N4O3.ClH/c34-26-24(11-6-16-30-26)21-33-20-15-29(28(33)36)13-18-32(19-14-29)17-12-25(22-7-2-1-3-8-22)31-27(35)23-9-4-5-10-23;/h1-3,6-8,11,16,23,25H,4-5,9-10,12-15,17-21H2,(H,30,34)(H,31,35);1H/t25-;/m0./s1. The van der Waals surface area contributed by atoms with Crippen molar-refractivity contribution in [2.75, 3.05) is 26.2 Å². The number of hydrogen-bond donors (Lipinski definition) is 2. The molecule has 2 aliphatic heterocycles. The lowest BCUT2D eigenvalue weighted by molar-refractivity contribution is -0.139. The number of aromatic amines is 1. The number of likely N-dealkylation sites (tertiary alicyclic amines) is 2. The van der Waals surface area contributed by atoms with Gasteiger partial charge in [-0.2, -0.15) is 0 Å². The third kappa shape index (κ3) is 6.27. The first-order valence-electron chi connectivity index (χ1n) is 13.6. The van der Waals surface area contributed by atoms with Crippen LogP contribution in [0.1, 0.15) is 68.5 Å². The van der Waals surface area contributed by atoms with Gasteiger partial charge in [-0.25, -0.2) is 0 Å². The van der Waals surface area contributed by atoms with Crippen LogP contribution in [0, 0.1) is 11.3 Å². The number of H-pyrrole nitrogens is 1. The highest BCUT2D eigenvalue weighted by atomic mass is 35.5. The maximum absolute atomic E-state index is 13.4. The van der Waals surface area contributed by atoms with Gasteiger partial charge in [0, 0.05) is 30.8 Å². The number of nitrogens with zero attached hydrogens (tertiary/aromatic N) is 2. The second-order valence-corrected chi connectivity index (χ2v) is 10.9. The summed E-state index contributed by atoms with van der Waals surface area (Å²) in [5, 5.41) is 3.35. The number of halogens is 1. The molecule has 0 bridgehead atoms. The molecule has 7 nitrogen and oxygen atoms in total. The van der Waals surface area contributed by atoms with E-state index in [1.165, 1.54) is 0 Å². The average Bonchev–Trinajstić information content (AvgIpc) is 3.55. The van der Waals surface area contributed by atoms with E-state index in [0.717, 1.165) is 83.1 Å². The van der Waals surface area contributed by atoms with Gasteiger partial charge in [-0.05, 0) is 63.2 Å². The zero-order chi connectivity index (χ0) is 25.0. The predicted octanol–water partition coefficient (Wildman–Crippen LogP) is 4.05. The maximum Gasteiger partial charge on any atom is 0.252 e. The number of piperidine rings is 1. The van der Waals surface area contributed by atoms with Crippen LogP contribution in [0.2, 0.25) is 0 Å². The molecule has 200 valence electrons. The third-order valence-electron chi connectivity index (χ3n) is 8.65. The van der Waals surface area contributed by atoms with Crippen molar-refractivity contribution < 1.29 is 9.59 Å². The molecule has 1 aliphatic carbocycles. The van der Waals surface area contributed by atoms with Crippen molar-refractivity contribution in [3.63, 3.8) is 0 Å². The highest BCUT2D eigenvalue weighted by Gasteiger charge is 2.48. The van der Waals surface area contributed by atoms with Crippen LogP contribution in [-0.2, 0) is 16.1 Å². The smallest absolute Gasteiger partial charge is 0.252 e. The number of amides is 2. The van der Waals surface area contributed by atoms with E-state index >= 15 is 0 Å². The van der Waals surface area contributed by atoms with Gasteiger partial charge >= 0.3 is 0 Å². The van der Waals surface area contributed by atoms with Gasteiger partial charge in [0.25, 0.3) is 5.56 Å². The molecule has 0 radical (unpaired) electrons. The summed E-state index contributed by atoms with van der Waals surface area (Å²) in [5.74, 6) is 0.568. The van der Waals surface area contributed by atoms with Gasteiger partial charge in [-0.15, -0.1) is 12.4 Å². The van der Waals surface area contributed by atoms with Crippen molar-refractivity contribution in [1.29, 1.82) is 0 Å².